The van der Waals surface area contributed by atoms with Gasteiger partial charge in [0.2, 0.25) is 0 Å². The minimum atomic E-state index is -0.300. The molecule has 0 spiro atoms. The average Bonchev–Trinajstić information content (AvgIpc) is 2.89. The molecule has 0 atom stereocenters. The first kappa shape index (κ1) is 13.8. The second-order valence-corrected chi connectivity index (χ2v) is 5.86. The normalized spacial score (nSPS) is 10.8. The van der Waals surface area contributed by atoms with Crippen LogP contribution in [0.15, 0.2) is 42.5 Å². The van der Waals surface area contributed by atoms with Crippen LogP contribution in [0.3, 0.4) is 0 Å². The Bertz CT molecular complexity index is 802. The zero-order valence-corrected chi connectivity index (χ0v) is 12.7. The third kappa shape index (κ3) is 2.54. The molecule has 21 heavy (non-hydrogen) atoms. The van der Waals surface area contributed by atoms with Crippen LogP contribution in [0.5, 0.6) is 0 Å². The predicted octanol–water partition coefficient (Wildman–Crippen LogP) is 4.45. The number of carbonyl (C=O) groups excluding carboxylic acids is 1. The Morgan fingerprint density at radius 2 is 1.95 bits per heavy atom. The van der Waals surface area contributed by atoms with Gasteiger partial charge < -0.3 is 4.74 Å². The number of benzene rings is 2. The fourth-order valence-corrected chi connectivity index (χ4v) is 3.20. The molecule has 0 aliphatic carbocycles. The van der Waals surface area contributed by atoms with Gasteiger partial charge >= 0.3 is 5.97 Å². The van der Waals surface area contributed by atoms with Crippen molar-refractivity contribution in [1.82, 2.24) is 4.98 Å². The van der Waals surface area contributed by atoms with Crippen molar-refractivity contribution in [3.8, 4) is 11.3 Å². The lowest BCUT2D eigenvalue weighted by atomic mass is 10.0. The van der Waals surface area contributed by atoms with E-state index in [0.29, 0.717) is 17.2 Å². The molecule has 0 fully saturated rings. The molecule has 106 valence electrons. The summed E-state index contributed by atoms with van der Waals surface area (Å²) >= 11 is 1.38. The summed E-state index contributed by atoms with van der Waals surface area (Å²) in [5, 5.41) is 3.09. The molecular formula is C17H15NO2S. The third-order valence-electron chi connectivity index (χ3n) is 3.24. The Kier molecular flexibility index (Phi) is 3.71. The van der Waals surface area contributed by atoms with E-state index in [1.807, 2.05) is 44.2 Å². The van der Waals surface area contributed by atoms with E-state index in [4.69, 9.17) is 4.74 Å². The van der Waals surface area contributed by atoms with Gasteiger partial charge in [0.05, 0.1) is 17.3 Å². The minimum absolute atomic E-state index is 0.300. The topological polar surface area (TPSA) is 39.2 Å². The number of hydrogen-bond acceptors (Lipinski definition) is 4. The SMILES string of the molecule is CCOC(=O)c1sc(C)nc1-c1cccc2ccccc12. The Labute approximate surface area is 127 Å². The third-order valence-corrected chi connectivity index (χ3v) is 4.19. The first-order valence-corrected chi connectivity index (χ1v) is 7.65. The van der Waals surface area contributed by atoms with Crippen molar-refractivity contribution in [2.75, 3.05) is 6.61 Å². The van der Waals surface area contributed by atoms with Gasteiger partial charge in [0.25, 0.3) is 0 Å². The molecule has 0 unspecified atom stereocenters. The van der Waals surface area contributed by atoms with Gasteiger partial charge in [0.15, 0.2) is 0 Å². The van der Waals surface area contributed by atoms with Gasteiger partial charge in [-0.2, -0.15) is 0 Å². The van der Waals surface area contributed by atoms with E-state index in [2.05, 4.69) is 17.1 Å². The first-order valence-electron chi connectivity index (χ1n) is 6.83. The number of esters is 1. The van der Waals surface area contributed by atoms with Crippen LogP contribution in [-0.4, -0.2) is 17.6 Å². The zero-order valence-electron chi connectivity index (χ0n) is 11.9. The summed E-state index contributed by atoms with van der Waals surface area (Å²) < 4.78 is 5.15. The summed E-state index contributed by atoms with van der Waals surface area (Å²) in [6, 6.07) is 14.2. The molecule has 2 aromatic carbocycles. The highest BCUT2D eigenvalue weighted by Crippen LogP contribution is 2.33. The van der Waals surface area contributed by atoms with E-state index in [1.165, 1.54) is 11.3 Å². The Hall–Kier alpha value is -2.20. The van der Waals surface area contributed by atoms with Crippen LogP contribution < -0.4 is 0 Å². The number of nitrogens with zero attached hydrogens (tertiary/aromatic N) is 1. The van der Waals surface area contributed by atoms with E-state index < -0.39 is 0 Å². The lowest BCUT2D eigenvalue weighted by molar-refractivity contribution is 0.0532. The highest BCUT2D eigenvalue weighted by atomic mass is 32.1. The quantitative estimate of drug-likeness (QED) is 0.670. The van der Waals surface area contributed by atoms with Crippen LogP contribution in [-0.2, 0) is 4.74 Å². The van der Waals surface area contributed by atoms with Crippen LogP contribution in [0.4, 0.5) is 0 Å². The number of ether oxygens (including phenoxy) is 1. The predicted molar refractivity (Wildman–Crippen MR) is 85.7 cm³/mol. The first-order chi connectivity index (χ1) is 10.2. The number of aryl methyl sites for hydroxylation is 1. The van der Waals surface area contributed by atoms with Gasteiger partial charge in [-0.25, -0.2) is 9.78 Å². The van der Waals surface area contributed by atoms with E-state index in [9.17, 15) is 4.79 Å². The Morgan fingerprint density at radius 1 is 1.19 bits per heavy atom. The maximum Gasteiger partial charge on any atom is 0.350 e. The van der Waals surface area contributed by atoms with Crippen molar-refractivity contribution in [1.29, 1.82) is 0 Å². The molecule has 0 saturated carbocycles. The van der Waals surface area contributed by atoms with Crippen molar-refractivity contribution >= 4 is 28.1 Å². The van der Waals surface area contributed by atoms with Crippen LogP contribution in [0.1, 0.15) is 21.6 Å². The van der Waals surface area contributed by atoms with Crippen molar-refractivity contribution in [2.24, 2.45) is 0 Å². The number of thiazole rings is 1. The second-order valence-electron chi connectivity index (χ2n) is 4.66. The molecule has 3 nitrogen and oxygen atoms in total. The van der Waals surface area contributed by atoms with Gasteiger partial charge in [0, 0.05) is 5.56 Å². The largest absolute Gasteiger partial charge is 0.462 e. The van der Waals surface area contributed by atoms with Crippen LogP contribution >= 0.6 is 11.3 Å². The Balaban J connectivity index is 2.21. The number of rotatable bonds is 3. The molecule has 0 aliphatic rings. The molecule has 3 aromatic rings. The highest BCUT2D eigenvalue weighted by molar-refractivity contribution is 7.14. The number of hydrogen-bond donors (Lipinski definition) is 0. The minimum Gasteiger partial charge on any atom is -0.462 e. The Morgan fingerprint density at radius 3 is 2.76 bits per heavy atom. The average molecular weight is 297 g/mol. The second kappa shape index (κ2) is 5.66. The summed E-state index contributed by atoms with van der Waals surface area (Å²) in [5.41, 5.74) is 1.69. The summed E-state index contributed by atoms with van der Waals surface area (Å²) in [6.45, 7) is 4.08. The van der Waals surface area contributed by atoms with Crippen molar-refractivity contribution in [2.45, 2.75) is 13.8 Å². The molecule has 3 rings (SSSR count). The molecule has 0 N–H and O–H groups in total. The van der Waals surface area contributed by atoms with Crippen molar-refractivity contribution in [3.63, 3.8) is 0 Å². The molecule has 0 amide bonds. The van der Waals surface area contributed by atoms with E-state index in [-0.39, 0.29) is 5.97 Å². The van der Waals surface area contributed by atoms with Gasteiger partial charge in [-0.05, 0) is 24.6 Å². The van der Waals surface area contributed by atoms with Crippen molar-refractivity contribution < 1.29 is 9.53 Å². The molecule has 4 heteroatoms. The van der Waals surface area contributed by atoms with Gasteiger partial charge in [-0.3, -0.25) is 0 Å². The van der Waals surface area contributed by atoms with Crippen LogP contribution in [0.2, 0.25) is 0 Å². The van der Waals surface area contributed by atoms with Gasteiger partial charge in [-0.15, -0.1) is 11.3 Å². The summed E-state index contributed by atoms with van der Waals surface area (Å²) in [7, 11) is 0. The smallest absolute Gasteiger partial charge is 0.350 e. The van der Waals surface area contributed by atoms with Gasteiger partial charge in [-0.1, -0.05) is 42.5 Å². The highest BCUT2D eigenvalue weighted by Gasteiger charge is 2.20. The number of aromatic nitrogens is 1. The van der Waals surface area contributed by atoms with Crippen molar-refractivity contribution in [3.05, 3.63) is 52.3 Å². The van der Waals surface area contributed by atoms with Crippen LogP contribution in [0.25, 0.3) is 22.0 Å². The zero-order chi connectivity index (χ0) is 14.8. The maximum atomic E-state index is 12.1. The molecule has 0 saturated heterocycles. The fraction of sp³-hybridized carbons (Fsp3) is 0.176. The molecule has 1 aromatic heterocycles. The van der Waals surface area contributed by atoms with E-state index >= 15 is 0 Å². The molecule has 0 bridgehead atoms. The standard InChI is InChI=1S/C17H15NO2S/c1-3-20-17(19)16-15(18-11(2)21-16)14-10-6-8-12-7-4-5-9-13(12)14/h4-10H,3H2,1-2H3. The van der Waals surface area contributed by atoms with Gasteiger partial charge in [0.1, 0.15) is 4.88 Å². The summed E-state index contributed by atoms with van der Waals surface area (Å²) in [4.78, 5) is 17.3. The van der Waals surface area contributed by atoms with Crippen LogP contribution in [0, 0.1) is 6.92 Å². The molecule has 0 aliphatic heterocycles. The monoisotopic (exact) mass is 297 g/mol. The fourth-order valence-electron chi connectivity index (χ4n) is 2.38. The van der Waals surface area contributed by atoms with E-state index in [1.54, 1.807) is 0 Å². The number of fused-ring (bicyclic) bond motifs is 1. The summed E-state index contributed by atoms with van der Waals surface area (Å²) in [5.74, 6) is -0.300. The molecule has 1 heterocycles. The molecule has 0 radical (unpaired) electrons. The lowest BCUT2D eigenvalue weighted by Gasteiger charge is -2.06. The number of carbonyl (C=O) groups is 1. The summed E-state index contributed by atoms with van der Waals surface area (Å²) in [6.07, 6.45) is 0. The maximum absolute atomic E-state index is 12.1. The van der Waals surface area contributed by atoms with E-state index in [0.717, 1.165) is 21.3 Å². The lowest BCUT2D eigenvalue weighted by Crippen LogP contribution is -2.04. The molecular weight excluding hydrogens is 282 g/mol.